The quantitative estimate of drug-likeness (QED) is 0.767. The number of nitrogens with zero attached hydrogens (tertiary/aromatic N) is 2. The predicted molar refractivity (Wildman–Crippen MR) is 93.7 cm³/mol. The molecule has 2 N–H and O–H groups in total. The molecule has 128 valence electrons. The maximum absolute atomic E-state index is 11.5. The number of unbranched alkanes of at least 4 members (excludes halogenated alkanes) is 2. The predicted octanol–water partition coefficient (Wildman–Crippen LogP) is 3.24. The second-order valence-corrected chi connectivity index (χ2v) is 6.64. The Morgan fingerprint density at radius 2 is 2.21 bits per heavy atom. The van der Waals surface area contributed by atoms with Crippen molar-refractivity contribution in [1.29, 1.82) is 0 Å². The zero-order valence-corrected chi connectivity index (χ0v) is 14.2. The number of aryl methyl sites for hydroxylation is 1. The number of fused-ring (bicyclic) bond motifs is 1. The Bertz CT molecular complexity index is 697. The van der Waals surface area contributed by atoms with E-state index in [-0.39, 0.29) is 5.91 Å². The number of hydrogen-bond donors (Lipinski definition) is 2. The highest BCUT2D eigenvalue weighted by Crippen LogP contribution is 2.33. The second kappa shape index (κ2) is 7.18. The first-order chi connectivity index (χ1) is 11.6. The van der Waals surface area contributed by atoms with Gasteiger partial charge in [0.1, 0.15) is 5.60 Å². The molecule has 0 fully saturated rings. The summed E-state index contributed by atoms with van der Waals surface area (Å²) in [4.78, 5) is 15.6. The molecule has 1 aromatic carbocycles. The monoisotopic (exact) mass is 327 g/mol. The van der Waals surface area contributed by atoms with Gasteiger partial charge in [-0.3, -0.25) is 4.79 Å². The summed E-state index contributed by atoms with van der Waals surface area (Å²) >= 11 is 0. The van der Waals surface area contributed by atoms with Gasteiger partial charge in [-0.1, -0.05) is 38.3 Å². The Balaban J connectivity index is 1.88. The van der Waals surface area contributed by atoms with Crippen molar-refractivity contribution in [2.45, 2.75) is 57.6 Å². The Kier molecular flexibility index (Phi) is 5.00. The van der Waals surface area contributed by atoms with Crippen LogP contribution in [0, 0.1) is 0 Å². The lowest BCUT2D eigenvalue weighted by atomic mass is 9.85. The van der Waals surface area contributed by atoms with E-state index in [0.29, 0.717) is 19.4 Å². The molecule has 1 amide bonds. The normalized spacial score (nSPS) is 16.3. The maximum atomic E-state index is 11.5. The van der Waals surface area contributed by atoms with Gasteiger partial charge in [0.05, 0.1) is 12.9 Å². The third-order valence-electron chi connectivity index (χ3n) is 4.74. The fourth-order valence-corrected chi connectivity index (χ4v) is 3.34. The van der Waals surface area contributed by atoms with Crippen LogP contribution < -0.4 is 5.32 Å². The zero-order valence-electron chi connectivity index (χ0n) is 14.2. The van der Waals surface area contributed by atoms with E-state index < -0.39 is 5.60 Å². The summed E-state index contributed by atoms with van der Waals surface area (Å²) in [7, 11) is 0. The number of nitrogens with one attached hydrogen (secondary N) is 1. The van der Waals surface area contributed by atoms with Crippen LogP contribution in [0.3, 0.4) is 0 Å². The van der Waals surface area contributed by atoms with Crippen molar-refractivity contribution >= 4 is 11.6 Å². The second-order valence-electron chi connectivity index (χ2n) is 6.64. The highest BCUT2D eigenvalue weighted by Gasteiger charge is 2.30. The van der Waals surface area contributed by atoms with Crippen LogP contribution >= 0.6 is 0 Å². The first-order valence-corrected chi connectivity index (χ1v) is 8.72. The molecule has 5 heteroatoms. The number of carbonyl (C=O) groups is 1. The van der Waals surface area contributed by atoms with Crippen molar-refractivity contribution in [3.8, 4) is 0 Å². The van der Waals surface area contributed by atoms with Gasteiger partial charge in [-0.05, 0) is 30.0 Å². The lowest BCUT2D eigenvalue weighted by Gasteiger charge is -2.31. The van der Waals surface area contributed by atoms with Crippen LogP contribution in [-0.2, 0) is 23.4 Å². The van der Waals surface area contributed by atoms with Gasteiger partial charge in [-0.15, -0.1) is 0 Å². The Morgan fingerprint density at radius 1 is 1.33 bits per heavy atom. The molecule has 3 rings (SSSR count). The van der Waals surface area contributed by atoms with Gasteiger partial charge in [0.15, 0.2) is 0 Å². The first kappa shape index (κ1) is 16.7. The van der Waals surface area contributed by atoms with Crippen LogP contribution in [0.15, 0.2) is 36.9 Å². The van der Waals surface area contributed by atoms with Crippen LogP contribution in [0.1, 0.15) is 50.2 Å². The highest BCUT2D eigenvalue weighted by atomic mass is 16.3. The Morgan fingerprint density at radius 3 is 2.96 bits per heavy atom. The molecule has 0 aliphatic carbocycles. The van der Waals surface area contributed by atoms with Crippen molar-refractivity contribution in [3.05, 3.63) is 48.0 Å². The Labute approximate surface area is 142 Å². The third-order valence-corrected chi connectivity index (χ3v) is 4.74. The van der Waals surface area contributed by atoms with Crippen molar-refractivity contribution in [2.24, 2.45) is 0 Å². The van der Waals surface area contributed by atoms with E-state index in [0.717, 1.165) is 42.5 Å². The number of anilines is 1. The van der Waals surface area contributed by atoms with Gasteiger partial charge in [-0.25, -0.2) is 4.98 Å². The minimum atomic E-state index is -0.924. The van der Waals surface area contributed by atoms with E-state index in [2.05, 4.69) is 23.3 Å². The number of aliphatic hydroxyl groups is 1. The van der Waals surface area contributed by atoms with Gasteiger partial charge in [0, 0.05) is 24.5 Å². The molecule has 0 spiro atoms. The maximum Gasteiger partial charge on any atom is 0.224 e. The van der Waals surface area contributed by atoms with Crippen LogP contribution in [0.5, 0.6) is 0 Å². The van der Waals surface area contributed by atoms with Gasteiger partial charge in [0.25, 0.3) is 0 Å². The standard InChI is InChI=1S/C19H25N3O2/c1-2-3-4-9-19(24,13-22-11-10-20-14-22)16-6-7-17-15(12-16)5-8-18(23)21-17/h6-7,10-12,14,24H,2-5,8-9,13H2,1H3,(H,21,23). The number of imidazole rings is 1. The van der Waals surface area contributed by atoms with Crippen molar-refractivity contribution < 1.29 is 9.90 Å². The van der Waals surface area contributed by atoms with Crippen LogP contribution in [0.2, 0.25) is 0 Å². The van der Waals surface area contributed by atoms with E-state index in [4.69, 9.17) is 0 Å². The van der Waals surface area contributed by atoms with E-state index in [9.17, 15) is 9.90 Å². The molecule has 1 unspecified atom stereocenters. The largest absolute Gasteiger partial charge is 0.383 e. The number of hydrogen-bond acceptors (Lipinski definition) is 3. The molecule has 2 aromatic rings. The summed E-state index contributed by atoms with van der Waals surface area (Å²) < 4.78 is 1.92. The highest BCUT2D eigenvalue weighted by molar-refractivity contribution is 5.93. The third kappa shape index (κ3) is 3.67. The van der Waals surface area contributed by atoms with Crippen LogP contribution in [0.4, 0.5) is 5.69 Å². The van der Waals surface area contributed by atoms with Crippen molar-refractivity contribution in [2.75, 3.05) is 5.32 Å². The minimum Gasteiger partial charge on any atom is -0.383 e. The van der Waals surface area contributed by atoms with Crippen LogP contribution in [-0.4, -0.2) is 20.6 Å². The lowest BCUT2D eigenvalue weighted by Crippen LogP contribution is -2.32. The molecule has 1 aliphatic heterocycles. The zero-order chi connectivity index (χ0) is 17.0. The number of aromatic nitrogens is 2. The van der Waals surface area contributed by atoms with Gasteiger partial charge < -0.3 is 15.0 Å². The molecule has 0 saturated carbocycles. The fourth-order valence-electron chi connectivity index (χ4n) is 3.34. The average molecular weight is 327 g/mol. The molecule has 0 radical (unpaired) electrons. The summed E-state index contributed by atoms with van der Waals surface area (Å²) in [6, 6.07) is 5.91. The first-order valence-electron chi connectivity index (χ1n) is 8.72. The molecule has 1 aromatic heterocycles. The molecular weight excluding hydrogens is 302 g/mol. The SMILES string of the molecule is CCCCCC(O)(Cn1ccnc1)c1ccc2c(c1)CCC(=O)N2. The summed E-state index contributed by atoms with van der Waals surface area (Å²) in [6.07, 6.45) is 10.5. The van der Waals surface area contributed by atoms with Crippen molar-refractivity contribution in [3.63, 3.8) is 0 Å². The van der Waals surface area contributed by atoms with Crippen LogP contribution in [0.25, 0.3) is 0 Å². The summed E-state index contributed by atoms with van der Waals surface area (Å²) in [5.74, 6) is 0.0619. The smallest absolute Gasteiger partial charge is 0.224 e. The number of amides is 1. The molecule has 2 heterocycles. The molecule has 0 saturated heterocycles. The molecule has 5 nitrogen and oxygen atoms in total. The van der Waals surface area contributed by atoms with E-state index in [1.165, 1.54) is 0 Å². The number of benzene rings is 1. The average Bonchev–Trinajstić information content (AvgIpc) is 3.07. The molecule has 0 bridgehead atoms. The molecule has 1 aliphatic rings. The topological polar surface area (TPSA) is 67.1 Å². The number of rotatable bonds is 7. The number of carbonyl (C=O) groups excluding carboxylic acids is 1. The summed E-state index contributed by atoms with van der Waals surface area (Å²) in [5.41, 5.74) is 1.97. The van der Waals surface area contributed by atoms with E-state index in [1.54, 1.807) is 12.5 Å². The van der Waals surface area contributed by atoms with E-state index in [1.807, 2.05) is 22.9 Å². The molecule has 24 heavy (non-hydrogen) atoms. The molecular formula is C19H25N3O2. The van der Waals surface area contributed by atoms with E-state index >= 15 is 0 Å². The summed E-state index contributed by atoms with van der Waals surface area (Å²) in [6.45, 7) is 2.65. The Hall–Kier alpha value is -2.14. The van der Waals surface area contributed by atoms with Crippen molar-refractivity contribution in [1.82, 2.24) is 9.55 Å². The lowest BCUT2D eigenvalue weighted by molar-refractivity contribution is -0.116. The van der Waals surface area contributed by atoms with Gasteiger partial charge in [0.2, 0.25) is 5.91 Å². The fraction of sp³-hybridized carbons (Fsp3) is 0.474. The minimum absolute atomic E-state index is 0.0619. The molecule has 1 atom stereocenters. The van der Waals surface area contributed by atoms with Gasteiger partial charge in [-0.2, -0.15) is 0 Å². The summed E-state index contributed by atoms with van der Waals surface area (Å²) in [5, 5.41) is 14.3. The van der Waals surface area contributed by atoms with Gasteiger partial charge >= 0.3 is 0 Å².